The molecule has 0 saturated carbocycles. The van der Waals surface area contributed by atoms with Gasteiger partial charge in [0.2, 0.25) is 0 Å². The zero-order chi connectivity index (χ0) is 42.8. The number of rotatable bonds is 10. The number of hydrogen-bond donors (Lipinski definition) is 4. The topological polar surface area (TPSA) is 99.4 Å². The van der Waals surface area contributed by atoms with Crippen LogP contribution in [0.4, 0.5) is 0 Å². The lowest BCUT2D eigenvalue weighted by atomic mass is 9.67. The number of aromatic hydroxyl groups is 2. The molecule has 0 saturated heterocycles. The molecule has 62 heavy (non-hydrogen) atoms. The zero-order valence-corrected chi connectivity index (χ0v) is 34.8. The van der Waals surface area contributed by atoms with Crippen LogP contribution in [0.2, 0.25) is 0 Å². The molecule has 0 aromatic heterocycles. The Morgan fingerprint density at radius 1 is 0.371 bits per heavy atom. The first-order chi connectivity index (χ1) is 30.3. The molecule has 0 unspecified atom stereocenters. The first kappa shape index (κ1) is 40.3. The summed E-state index contributed by atoms with van der Waals surface area (Å²) in [5, 5.41) is 38.5. The molecule has 0 atom stereocenters. The minimum absolute atomic E-state index is 0.0167. The second kappa shape index (κ2) is 16.7. The average Bonchev–Trinajstić information content (AvgIpc) is 3.79. The van der Waals surface area contributed by atoms with Gasteiger partial charge in [0.05, 0.1) is 24.0 Å². The fraction of sp³-hybridized carbons (Fsp3) is 0.143. The summed E-state index contributed by atoms with van der Waals surface area (Å²) in [4.78, 5) is 0. The number of aryl methyl sites for hydroxylation is 2. The largest absolute Gasteiger partial charge is 0.508 e. The minimum atomic E-state index is -0.510. The van der Waals surface area contributed by atoms with Crippen molar-refractivity contribution < 1.29 is 29.9 Å². The van der Waals surface area contributed by atoms with Crippen molar-refractivity contribution in [3.05, 3.63) is 238 Å². The van der Waals surface area contributed by atoms with E-state index in [2.05, 4.69) is 133 Å². The second-order valence-corrected chi connectivity index (χ2v) is 15.9. The number of aliphatic hydroxyl groups is 2. The smallest absolute Gasteiger partial charge is 0.119 e. The highest BCUT2D eigenvalue weighted by atomic mass is 16.5. The standard InChI is InChI=1S/C29H26O4.C27H22O2/c30-17-19-32-23-13-9-21(10-14-23)29(22-11-15-24(16-12-22)33-20-18-31)27-7-3-1-5-25(27)26-6-2-4-8-28(26)29;1-17-15-19(11-13-25(17)28)27(20-12-14-26(29)18(2)16-20)23-9-5-3-7-21(23)22-8-4-6-10-24(22)27/h1-16,30-31H,17-20H2;3-16,28-29H,1-2H3. The van der Waals surface area contributed by atoms with E-state index in [0.29, 0.717) is 11.5 Å². The highest BCUT2D eigenvalue weighted by Crippen LogP contribution is 2.58. The Hall–Kier alpha value is -7.12. The first-order valence-electron chi connectivity index (χ1n) is 21.0. The summed E-state index contributed by atoms with van der Waals surface area (Å²) in [6.07, 6.45) is 0. The van der Waals surface area contributed by atoms with Crippen LogP contribution in [0, 0.1) is 13.8 Å². The minimum Gasteiger partial charge on any atom is -0.508 e. The van der Waals surface area contributed by atoms with Gasteiger partial charge in [-0.15, -0.1) is 0 Å². The van der Waals surface area contributed by atoms with E-state index in [9.17, 15) is 10.2 Å². The number of hydrogen-bond acceptors (Lipinski definition) is 6. The Labute approximate surface area is 362 Å². The maximum absolute atomic E-state index is 10.2. The lowest BCUT2D eigenvalue weighted by molar-refractivity contribution is 0.201. The molecule has 0 amide bonds. The number of aliphatic hydroxyl groups excluding tert-OH is 2. The monoisotopic (exact) mass is 816 g/mol. The molecule has 0 bridgehead atoms. The van der Waals surface area contributed by atoms with Gasteiger partial charge in [0, 0.05) is 0 Å². The van der Waals surface area contributed by atoms with Crippen LogP contribution in [0.5, 0.6) is 23.0 Å². The number of phenolic OH excluding ortho intramolecular Hbond substituents is 2. The van der Waals surface area contributed by atoms with Crippen molar-refractivity contribution in [2.24, 2.45) is 0 Å². The first-order valence-corrected chi connectivity index (χ1v) is 21.0. The van der Waals surface area contributed by atoms with E-state index in [1.54, 1.807) is 12.1 Å². The molecule has 0 radical (unpaired) electrons. The third-order valence-corrected chi connectivity index (χ3v) is 12.5. The molecule has 0 aliphatic heterocycles. The number of ether oxygens (including phenoxy) is 2. The van der Waals surface area contributed by atoms with Gasteiger partial charge in [0.15, 0.2) is 0 Å². The summed E-state index contributed by atoms with van der Waals surface area (Å²) in [5.74, 6) is 2.06. The van der Waals surface area contributed by atoms with E-state index >= 15 is 0 Å². The van der Waals surface area contributed by atoms with E-state index in [-0.39, 0.29) is 26.4 Å². The van der Waals surface area contributed by atoms with Crippen molar-refractivity contribution in [1.82, 2.24) is 0 Å². The third kappa shape index (κ3) is 6.60. The van der Waals surface area contributed by atoms with E-state index in [1.165, 1.54) is 44.5 Å². The molecule has 2 aliphatic rings. The molecule has 6 heteroatoms. The fourth-order valence-corrected chi connectivity index (χ4v) is 9.75. The van der Waals surface area contributed by atoms with Gasteiger partial charge < -0.3 is 29.9 Å². The molecule has 8 aromatic rings. The molecule has 4 N–H and O–H groups in total. The van der Waals surface area contributed by atoms with Crippen LogP contribution in [0.15, 0.2) is 182 Å². The van der Waals surface area contributed by atoms with Crippen molar-refractivity contribution in [2.75, 3.05) is 26.4 Å². The molecule has 8 aromatic carbocycles. The van der Waals surface area contributed by atoms with Gasteiger partial charge in [-0.25, -0.2) is 0 Å². The summed E-state index contributed by atoms with van der Waals surface area (Å²) >= 11 is 0. The maximum Gasteiger partial charge on any atom is 0.119 e. The van der Waals surface area contributed by atoms with Crippen LogP contribution in [0.1, 0.15) is 55.6 Å². The summed E-state index contributed by atoms with van der Waals surface area (Å²) in [7, 11) is 0. The van der Waals surface area contributed by atoms with Crippen LogP contribution >= 0.6 is 0 Å². The van der Waals surface area contributed by atoms with Crippen LogP contribution in [0.3, 0.4) is 0 Å². The van der Waals surface area contributed by atoms with Crippen LogP contribution < -0.4 is 9.47 Å². The van der Waals surface area contributed by atoms with E-state index in [1.807, 2.05) is 50.2 Å². The van der Waals surface area contributed by atoms with Crippen LogP contribution in [-0.2, 0) is 10.8 Å². The SMILES string of the molecule is Cc1cc(C2(c3ccc(O)c(C)c3)c3ccccc3-c3ccccc32)ccc1O.OCCOc1ccc(C2(c3ccc(OCCO)cc3)c3ccccc3-c3ccccc32)cc1. The Kier molecular flexibility index (Phi) is 10.9. The molecule has 2 aliphatic carbocycles. The normalized spacial score (nSPS) is 13.5. The van der Waals surface area contributed by atoms with E-state index < -0.39 is 10.8 Å². The zero-order valence-electron chi connectivity index (χ0n) is 34.8. The maximum atomic E-state index is 10.2. The molecular weight excluding hydrogens is 769 g/mol. The fourth-order valence-electron chi connectivity index (χ4n) is 9.75. The van der Waals surface area contributed by atoms with E-state index in [4.69, 9.17) is 19.7 Å². The van der Waals surface area contributed by atoms with Crippen molar-refractivity contribution in [3.63, 3.8) is 0 Å². The lowest BCUT2D eigenvalue weighted by Crippen LogP contribution is -2.28. The summed E-state index contributed by atoms with van der Waals surface area (Å²) in [6, 6.07) is 62.3. The summed E-state index contributed by atoms with van der Waals surface area (Å²) in [6.45, 7) is 4.37. The molecule has 0 fully saturated rings. The van der Waals surface area contributed by atoms with Crippen molar-refractivity contribution in [2.45, 2.75) is 24.7 Å². The Morgan fingerprint density at radius 3 is 0.968 bits per heavy atom. The highest BCUT2D eigenvalue weighted by Gasteiger charge is 2.47. The average molecular weight is 817 g/mol. The molecule has 6 nitrogen and oxygen atoms in total. The Morgan fingerprint density at radius 2 is 0.661 bits per heavy atom. The van der Waals surface area contributed by atoms with Gasteiger partial charge in [0.1, 0.15) is 36.2 Å². The van der Waals surface area contributed by atoms with E-state index in [0.717, 1.165) is 44.9 Å². The summed E-state index contributed by atoms with van der Waals surface area (Å²) < 4.78 is 11.2. The molecule has 0 spiro atoms. The molecular formula is C56H48O6. The second-order valence-electron chi connectivity index (χ2n) is 15.9. The quantitative estimate of drug-likeness (QED) is 0.110. The molecule has 10 rings (SSSR count). The van der Waals surface area contributed by atoms with Crippen LogP contribution in [-0.4, -0.2) is 46.9 Å². The lowest BCUT2D eigenvalue weighted by Gasteiger charge is -2.34. The Bertz CT molecular complexity index is 2680. The van der Waals surface area contributed by atoms with Gasteiger partial charge in [-0.2, -0.15) is 0 Å². The van der Waals surface area contributed by atoms with Gasteiger partial charge in [0.25, 0.3) is 0 Å². The number of phenols is 2. The highest BCUT2D eigenvalue weighted by molar-refractivity contribution is 5.87. The third-order valence-electron chi connectivity index (χ3n) is 12.5. The number of fused-ring (bicyclic) bond motifs is 6. The van der Waals surface area contributed by atoms with Crippen molar-refractivity contribution >= 4 is 0 Å². The van der Waals surface area contributed by atoms with Crippen molar-refractivity contribution in [3.8, 4) is 45.3 Å². The van der Waals surface area contributed by atoms with Gasteiger partial charge in [-0.3, -0.25) is 0 Å². The van der Waals surface area contributed by atoms with Crippen molar-refractivity contribution in [1.29, 1.82) is 0 Å². The number of benzene rings is 8. The predicted octanol–water partition coefficient (Wildman–Crippen LogP) is 10.9. The predicted molar refractivity (Wildman–Crippen MR) is 245 cm³/mol. The Balaban J connectivity index is 0.000000159. The van der Waals surface area contributed by atoms with Gasteiger partial charge in [-0.05, 0) is 128 Å². The van der Waals surface area contributed by atoms with Crippen LogP contribution in [0.25, 0.3) is 22.3 Å². The summed E-state index contributed by atoms with van der Waals surface area (Å²) in [5.41, 5.74) is 15.0. The molecule has 0 heterocycles. The molecule has 308 valence electrons. The van der Waals surface area contributed by atoms with Gasteiger partial charge >= 0.3 is 0 Å². The van der Waals surface area contributed by atoms with Gasteiger partial charge in [-0.1, -0.05) is 146 Å².